The van der Waals surface area contributed by atoms with Gasteiger partial charge in [0.1, 0.15) is 5.82 Å². The molecule has 1 aromatic carbocycles. The maximum Gasteiger partial charge on any atom is 0.257 e. The van der Waals surface area contributed by atoms with Crippen molar-refractivity contribution in [3.8, 4) is 0 Å². The second-order valence-electron chi connectivity index (χ2n) is 7.33. The zero-order chi connectivity index (χ0) is 20.4. The van der Waals surface area contributed by atoms with Gasteiger partial charge in [0, 0.05) is 35.4 Å². The maximum atomic E-state index is 14.5. The minimum Gasteiger partial charge on any atom is -0.352 e. The Hall–Kier alpha value is -2.44. The molecule has 1 amide bonds. The Labute approximate surface area is 186 Å². The van der Waals surface area contributed by atoms with E-state index in [1.54, 1.807) is 12.1 Å². The zero-order valence-corrected chi connectivity index (χ0v) is 18.2. The molecule has 1 saturated heterocycles. The summed E-state index contributed by atoms with van der Waals surface area (Å²) in [6.07, 6.45) is 5.77. The van der Waals surface area contributed by atoms with Crippen LogP contribution in [-0.4, -0.2) is 33.9 Å². The number of rotatable bonds is 3. The van der Waals surface area contributed by atoms with Gasteiger partial charge < -0.3 is 10.2 Å². The number of aryl methyl sites for hydroxylation is 1. The van der Waals surface area contributed by atoms with Crippen LogP contribution in [0.2, 0.25) is 5.02 Å². The number of carbonyl (C=O) groups is 1. The topological polar surface area (TPSA) is 58.1 Å². The van der Waals surface area contributed by atoms with Gasteiger partial charge in [0.2, 0.25) is 0 Å². The fourth-order valence-corrected chi connectivity index (χ4v) is 3.80. The molecule has 5 nitrogen and oxygen atoms in total. The molecule has 30 heavy (non-hydrogen) atoms. The zero-order valence-electron chi connectivity index (χ0n) is 16.6. The molecule has 1 N–H and O–H groups in total. The Morgan fingerprint density at radius 2 is 1.87 bits per heavy atom. The fraction of sp³-hybridized carbons (Fsp3) is 0.318. The van der Waals surface area contributed by atoms with Crippen molar-refractivity contribution in [1.82, 2.24) is 14.9 Å². The summed E-state index contributed by atoms with van der Waals surface area (Å²) in [5.41, 5.74) is 2.50. The standard InChI is InChI=1S/C22H22ClFN4O.ClH/c1-14-6-8-16-20(27-19-9-7-15(23)12-18(19)24)17(13-25-21(16)26-14)22(29)28-10-4-2-3-5-11-28;/h6-9,12-13H,2-5,10-11H2,1H3,(H,25,26,27);1H. The molecule has 0 bridgehead atoms. The SMILES string of the molecule is Cc1ccc2c(Nc3ccc(Cl)cc3F)c(C(=O)N3CCCCCC3)cnc2n1.Cl. The summed E-state index contributed by atoms with van der Waals surface area (Å²) in [6, 6.07) is 8.13. The third-order valence-corrected chi connectivity index (χ3v) is 5.42. The summed E-state index contributed by atoms with van der Waals surface area (Å²) in [4.78, 5) is 24.0. The molecule has 0 radical (unpaired) electrons. The number of halogens is 3. The summed E-state index contributed by atoms with van der Waals surface area (Å²) in [5, 5.41) is 4.09. The molecule has 158 valence electrons. The predicted octanol–water partition coefficient (Wildman–Crippen LogP) is 5.91. The summed E-state index contributed by atoms with van der Waals surface area (Å²) in [5.74, 6) is -0.588. The third kappa shape index (κ3) is 4.65. The van der Waals surface area contributed by atoms with E-state index in [-0.39, 0.29) is 24.0 Å². The first-order chi connectivity index (χ1) is 14.0. The number of hydrogen-bond acceptors (Lipinski definition) is 4. The minimum absolute atomic E-state index is 0. The van der Waals surface area contributed by atoms with Crippen molar-refractivity contribution in [2.75, 3.05) is 18.4 Å². The molecule has 3 heterocycles. The van der Waals surface area contributed by atoms with Gasteiger partial charge in [0.05, 0.1) is 16.9 Å². The highest BCUT2D eigenvalue weighted by atomic mass is 35.5. The number of nitrogens with one attached hydrogen (secondary N) is 1. The van der Waals surface area contributed by atoms with Crippen molar-refractivity contribution < 1.29 is 9.18 Å². The molecule has 0 saturated carbocycles. The number of aromatic nitrogens is 2. The monoisotopic (exact) mass is 448 g/mol. The van der Waals surface area contributed by atoms with Gasteiger partial charge in [-0.15, -0.1) is 12.4 Å². The van der Waals surface area contributed by atoms with Gasteiger partial charge in [-0.1, -0.05) is 24.4 Å². The number of anilines is 2. The molecule has 3 aromatic rings. The molecule has 0 unspecified atom stereocenters. The Morgan fingerprint density at radius 1 is 1.13 bits per heavy atom. The van der Waals surface area contributed by atoms with Gasteiger partial charge in [-0.3, -0.25) is 4.79 Å². The van der Waals surface area contributed by atoms with Crippen molar-refractivity contribution in [2.45, 2.75) is 32.6 Å². The van der Waals surface area contributed by atoms with Crippen LogP contribution in [0.5, 0.6) is 0 Å². The highest BCUT2D eigenvalue weighted by Gasteiger charge is 2.23. The molecule has 8 heteroatoms. The van der Waals surface area contributed by atoms with Crippen molar-refractivity contribution in [3.63, 3.8) is 0 Å². The number of pyridine rings is 2. The largest absolute Gasteiger partial charge is 0.352 e. The van der Waals surface area contributed by atoms with E-state index in [1.807, 2.05) is 24.0 Å². The first-order valence-electron chi connectivity index (χ1n) is 9.80. The average Bonchev–Trinajstić information content (AvgIpc) is 2.99. The lowest BCUT2D eigenvalue weighted by molar-refractivity contribution is 0.0762. The molecule has 1 aliphatic heterocycles. The van der Waals surface area contributed by atoms with Gasteiger partial charge in [0.25, 0.3) is 5.91 Å². The van der Waals surface area contributed by atoms with Crippen molar-refractivity contribution in [3.05, 3.63) is 58.6 Å². The van der Waals surface area contributed by atoms with Crippen molar-refractivity contribution in [2.24, 2.45) is 0 Å². The van der Waals surface area contributed by atoms with E-state index in [2.05, 4.69) is 15.3 Å². The van der Waals surface area contributed by atoms with Gasteiger partial charge in [0.15, 0.2) is 5.65 Å². The number of nitrogens with zero attached hydrogens (tertiary/aromatic N) is 3. The van der Waals surface area contributed by atoms with Crippen molar-refractivity contribution >= 4 is 52.3 Å². The van der Waals surface area contributed by atoms with E-state index < -0.39 is 5.82 Å². The van der Waals surface area contributed by atoms with E-state index in [9.17, 15) is 9.18 Å². The molecule has 0 atom stereocenters. The lowest BCUT2D eigenvalue weighted by Gasteiger charge is -2.22. The van der Waals surface area contributed by atoms with Gasteiger partial charge >= 0.3 is 0 Å². The minimum atomic E-state index is -0.490. The second-order valence-corrected chi connectivity index (χ2v) is 7.76. The summed E-state index contributed by atoms with van der Waals surface area (Å²) >= 11 is 5.88. The number of amides is 1. The number of likely N-dealkylation sites (tertiary alicyclic amines) is 1. The molecule has 0 aliphatic carbocycles. The summed E-state index contributed by atoms with van der Waals surface area (Å²) in [6.45, 7) is 3.32. The number of benzene rings is 1. The Morgan fingerprint density at radius 3 is 2.57 bits per heavy atom. The van der Waals surface area contributed by atoms with Crippen LogP contribution >= 0.6 is 24.0 Å². The van der Waals surface area contributed by atoms with E-state index in [0.717, 1.165) is 44.5 Å². The molecular weight excluding hydrogens is 426 g/mol. The first kappa shape index (κ1) is 22.2. The van der Waals surface area contributed by atoms with Crippen LogP contribution in [0.3, 0.4) is 0 Å². The van der Waals surface area contributed by atoms with Crippen LogP contribution in [0.25, 0.3) is 11.0 Å². The molecule has 0 spiro atoms. The predicted molar refractivity (Wildman–Crippen MR) is 121 cm³/mol. The molecule has 1 aliphatic rings. The van der Waals surface area contributed by atoms with E-state index in [0.29, 0.717) is 27.3 Å². The van der Waals surface area contributed by atoms with Crippen LogP contribution in [0.15, 0.2) is 36.5 Å². The van der Waals surface area contributed by atoms with Crippen LogP contribution in [0.1, 0.15) is 41.7 Å². The normalized spacial score (nSPS) is 14.2. The van der Waals surface area contributed by atoms with Crippen molar-refractivity contribution in [1.29, 1.82) is 0 Å². The molecule has 1 fully saturated rings. The second kappa shape index (κ2) is 9.58. The maximum absolute atomic E-state index is 14.5. The molecular formula is C22H23Cl2FN4O. The van der Waals surface area contributed by atoms with Gasteiger partial charge in [-0.05, 0) is 50.1 Å². The highest BCUT2D eigenvalue weighted by Crippen LogP contribution is 2.31. The van der Waals surface area contributed by atoms with Crippen LogP contribution in [0, 0.1) is 12.7 Å². The first-order valence-corrected chi connectivity index (χ1v) is 10.2. The van der Waals surface area contributed by atoms with Gasteiger partial charge in [-0.2, -0.15) is 0 Å². The molecule has 2 aromatic heterocycles. The highest BCUT2D eigenvalue weighted by molar-refractivity contribution is 6.30. The Balaban J connectivity index is 0.00000256. The van der Waals surface area contributed by atoms with E-state index in [1.165, 1.54) is 12.3 Å². The van der Waals surface area contributed by atoms with Crippen LogP contribution in [-0.2, 0) is 0 Å². The number of hydrogen-bond donors (Lipinski definition) is 1. The van der Waals surface area contributed by atoms with E-state index in [4.69, 9.17) is 11.6 Å². The average molecular weight is 449 g/mol. The van der Waals surface area contributed by atoms with Crippen LogP contribution < -0.4 is 5.32 Å². The Kier molecular flexibility index (Phi) is 7.10. The van der Waals surface area contributed by atoms with Gasteiger partial charge in [-0.25, -0.2) is 14.4 Å². The molecule has 4 rings (SSSR count). The summed E-state index contributed by atoms with van der Waals surface area (Å²) < 4.78 is 14.5. The quantitative estimate of drug-likeness (QED) is 0.540. The Bertz CT molecular complexity index is 1070. The lowest BCUT2D eigenvalue weighted by atomic mass is 10.1. The number of fused-ring (bicyclic) bond motifs is 1. The summed E-state index contributed by atoms with van der Waals surface area (Å²) in [7, 11) is 0. The van der Waals surface area contributed by atoms with Crippen LogP contribution in [0.4, 0.5) is 15.8 Å². The lowest BCUT2D eigenvalue weighted by Crippen LogP contribution is -2.32. The number of carbonyl (C=O) groups excluding carboxylic acids is 1. The smallest absolute Gasteiger partial charge is 0.257 e. The third-order valence-electron chi connectivity index (χ3n) is 5.18. The fourth-order valence-electron chi connectivity index (χ4n) is 3.64. The van der Waals surface area contributed by atoms with E-state index >= 15 is 0 Å².